The van der Waals surface area contributed by atoms with Gasteiger partial charge in [0, 0.05) is 6.42 Å². The summed E-state index contributed by atoms with van der Waals surface area (Å²) in [4.78, 5) is 30.0. The Kier molecular flexibility index (Phi) is 7.87. The number of pyridine rings is 1. The number of nitrogens with two attached hydrogens (primary N) is 4. The summed E-state index contributed by atoms with van der Waals surface area (Å²) < 4.78 is 9.55. The third-order valence-electron chi connectivity index (χ3n) is 3.17. The second kappa shape index (κ2) is 9.87. The number of ether oxygens (including phenoxy) is 2. The predicted octanol–water partition coefficient (Wildman–Crippen LogP) is 0.294. The molecule has 0 atom stereocenters. The average molecular weight is 364 g/mol. The van der Waals surface area contributed by atoms with E-state index in [1.165, 1.54) is 12.1 Å². The number of anilines is 2. The van der Waals surface area contributed by atoms with Gasteiger partial charge in [-0.1, -0.05) is 0 Å². The van der Waals surface area contributed by atoms with Crippen LogP contribution >= 0.6 is 0 Å². The molecule has 2 rings (SSSR count). The lowest BCUT2D eigenvalue weighted by Gasteiger charge is -2.12. The highest BCUT2D eigenvalue weighted by atomic mass is 16.5. The van der Waals surface area contributed by atoms with E-state index >= 15 is 0 Å². The number of aliphatic imine (C=N–C) groups is 1. The van der Waals surface area contributed by atoms with Crippen LogP contribution in [0.15, 0.2) is 28.5 Å². The topological polar surface area (TPSA) is 182 Å². The van der Waals surface area contributed by atoms with Crippen molar-refractivity contribution >= 4 is 29.4 Å². The van der Waals surface area contributed by atoms with E-state index in [2.05, 4.69) is 9.98 Å². The predicted molar refractivity (Wildman–Crippen MR) is 97.7 cm³/mol. The molecule has 142 valence electrons. The molecule has 0 saturated heterocycles. The van der Waals surface area contributed by atoms with Gasteiger partial charge in [0.2, 0.25) is 0 Å². The first-order valence-corrected chi connectivity index (χ1v) is 7.97. The summed E-state index contributed by atoms with van der Waals surface area (Å²) in [6.07, 6.45) is 1.08. The van der Waals surface area contributed by atoms with Crippen molar-refractivity contribution in [3.05, 3.63) is 29.1 Å². The first-order chi connectivity index (χ1) is 12.3. The van der Waals surface area contributed by atoms with Crippen molar-refractivity contribution < 1.29 is 19.1 Å². The largest absolute Gasteiger partial charge is 0.463 e. The van der Waals surface area contributed by atoms with E-state index in [-0.39, 0.29) is 23.0 Å². The molecule has 10 heteroatoms. The van der Waals surface area contributed by atoms with Crippen LogP contribution in [0.1, 0.15) is 37.0 Å². The summed E-state index contributed by atoms with van der Waals surface area (Å²) in [5.74, 6) is 0.153. The van der Waals surface area contributed by atoms with Crippen molar-refractivity contribution in [3.8, 4) is 0 Å². The third kappa shape index (κ3) is 5.96. The van der Waals surface area contributed by atoms with Crippen LogP contribution in [-0.4, -0.2) is 36.0 Å². The average Bonchev–Trinajstić information content (AvgIpc) is 2.55. The first kappa shape index (κ1) is 20.7. The molecule has 0 bridgehead atoms. The van der Waals surface area contributed by atoms with Crippen molar-refractivity contribution in [3.63, 3.8) is 0 Å². The third-order valence-corrected chi connectivity index (χ3v) is 3.17. The normalized spacial score (nSPS) is 13.2. The second-order valence-corrected chi connectivity index (χ2v) is 5.08. The molecule has 0 spiro atoms. The number of hydrogen-bond donors (Lipinski definition) is 4. The molecule has 0 saturated carbocycles. The minimum Gasteiger partial charge on any atom is -0.463 e. The quantitative estimate of drug-likeness (QED) is 0.545. The molecule has 26 heavy (non-hydrogen) atoms. The summed E-state index contributed by atoms with van der Waals surface area (Å²) in [6.45, 7) is 4.12. The monoisotopic (exact) mass is 364 g/mol. The first-order valence-electron chi connectivity index (χ1n) is 7.97. The van der Waals surface area contributed by atoms with Gasteiger partial charge in [0.1, 0.15) is 28.9 Å². The fraction of sp³-hybridized carbons (Fsp3) is 0.375. The van der Waals surface area contributed by atoms with E-state index in [1.807, 2.05) is 0 Å². The number of amidine groups is 1. The van der Waals surface area contributed by atoms with Gasteiger partial charge in [0.25, 0.3) is 0 Å². The Labute approximate surface area is 151 Å². The molecular weight excluding hydrogens is 340 g/mol. The highest BCUT2D eigenvalue weighted by molar-refractivity contribution is 5.94. The van der Waals surface area contributed by atoms with Crippen molar-refractivity contribution in [2.75, 3.05) is 24.7 Å². The molecule has 0 aromatic carbocycles. The van der Waals surface area contributed by atoms with E-state index in [0.717, 1.165) is 0 Å². The Morgan fingerprint density at radius 1 is 1.00 bits per heavy atom. The highest BCUT2D eigenvalue weighted by Gasteiger charge is 2.18. The van der Waals surface area contributed by atoms with E-state index in [0.29, 0.717) is 37.5 Å². The van der Waals surface area contributed by atoms with Gasteiger partial charge in [-0.15, -0.1) is 0 Å². The van der Waals surface area contributed by atoms with E-state index in [1.54, 1.807) is 13.8 Å². The maximum absolute atomic E-state index is 11.2. The number of nitrogens with zero attached hydrogens (tertiary/aromatic N) is 2. The molecule has 0 aliphatic carbocycles. The Bertz CT molecular complexity index is 729. The number of hydrogen-bond acceptors (Lipinski definition) is 10. The minimum atomic E-state index is -0.479. The Morgan fingerprint density at radius 2 is 1.62 bits per heavy atom. The van der Waals surface area contributed by atoms with Crippen LogP contribution in [0.2, 0.25) is 0 Å². The fourth-order valence-corrected chi connectivity index (χ4v) is 1.96. The van der Waals surface area contributed by atoms with Gasteiger partial charge in [0.15, 0.2) is 0 Å². The van der Waals surface area contributed by atoms with Crippen molar-refractivity contribution in [1.82, 2.24) is 4.98 Å². The lowest BCUT2D eigenvalue weighted by Crippen LogP contribution is -2.23. The van der Waals surface area contributed by atoms with Gasteiger partial charge in [0.05, 0.1) is 18.8 Å². The van der Waals surface area contributed by atoms with Crippen molar-refractivity contribution in [2.24, 2.45) is 16.5 Å². The summed E-state index contributed by atoms with van der Waals surface area (Å²) >= 11 is 0. The maximum atomic E-state index is 11.2. The molecule has 0 radical (unpaired) electrons. The zero-order chi connectivity index (χ0) is 19.7. The number of esters is 2. The van der Waals surface area contributed by atoms with Crippen molar-refractivity contribution in [2.45, 2.75) is 26.7 Å². The molecule has 2 heterocycles. The van der Waals surface area contributed by atoms with Crippen LogP contribution < -0.4 is 22.9 Å². The number of rotatable bonds is 4. The zero-order valence-electron chi connectivity index (χ0n) is 14.8. The van der Waals surface area contributed by atoms with E-state index in [4.69, 9.17) is 32.4 Å². The lowest BCUT2D eigenvalue weighted by atomic mass is 10.1. The molecule has 1 aromatic heterocycles. The Morgan fingerprint density at radius 3 is 2.15 bits per heavy atom. The van der Waals surface area contributed by atoms with Gasteiger partial charge in [-0.3, -0.25) is 0 Å². The van der Waals surface area contributed by atoms with Gasteiger partial charge in [-0.25, -0.2) is 19.6 Å². The molecule has 1 aromatic rings. The number of carbonyl (C=O) groups excluding carboxylic acids is 2. The van der Waals surface area contributed by atoms with Crippen LogP contribution in [-0.2, 0) is 14.3 Å². The van der Waals surface area contributed by atoms with Crippen LogP contribution in [0.25, 0.3) is 0 Å². The smallest absolute Gasteiger partial charge is 0.341 e. The summed E-state index contributed by atoms with van der Waals surface area (Å²) in [7, 11) is 0. The summed E-state index contributed by atoms with van der Waals surface area (Å²) in [6, 6.07) is 3.00. The highest BCUT2D eigenvalue weighted by Crippen LogP contribution is 2.16. The molecule has 10 nitrogen and oxygen atoms in total. The summed E-state index contributed by atoms with van der Waals surface area (Å²) in [5.41, 5.74) is 22.4. The summed E-state index contributed by atoms with van der Waals surface area (Å²) in [5, 5.41) is 0. The second-order valence-electron chi connectivity index (χ2n) is 5.08. The fourth-order valence-electron chi connectivity index (χ4n) is 1.96. The molecule has 8 N–H and O–H groups in total. The van der Waals surface area contributed by atoms with E-state index < -0.39 is 11.9 Å². The molecule has 1 aliphatic rings. The van der Waals surface area contributed by atoms with Crippen LogP contribution in [0.5, 0.6) is 0 Å². The number of carbonyl (C=O) groups is 2. The van der Waals surface area contributed by atoms with Crippen LogP contribution in [0.4, 0.5) is 11.6 Å². The van der Waals surface area contributed by atoms with Crippen LogP contribution in [0.3, 0.4) is 0 Å². The standard InChI is InChI=1S/C8H13N3O2.C8H11N3O2/c2*1-2-13-8(12)5-3-4-6(9)11-7(5)10/h2-4,10H2,1H3,(H2,9,11);3-4H,2H2,1H3,(H4,9,10,11). The molecule has 1 aliphatic heterocycles. The van der Waals surface area contributed by atoms with Crippen molar-refractivity contribution in [1.29, 1.82) is 0 Å². The van der Waals surface area contributed by atoms with E-state index in [9.17, 15) is 9.59 Å². The zero-order valence-corrected chi connectivity index (χ0v) is 14.8. The number of aromatic nitrogens is 1. The molecule has 0 amide bonds. The lowest BCUT2D eigenvalue weighted by molar-refractivity contribution is -0.138. The minimum absolute atomic E-state index is 0.0958. The number of nitrogen functional groups attached to an aromatic ring is 2. The Hall–Kier alpha value is -3.30. The molecule has 0 unspecified atom stereocenters. The molecular formula is C16H24N6O4. The van der Waals surface area contributed by atoms with Gasteiger partial charge in [-0.2, -0.15) is 0 Å². The Balaban J connectivity index is 0.000000260. The van der Waals surface area contributed by atoms with Crippen LogP contribution in [0, 0.1) is 0 Å². The molecule has 0 fully saturated rings. The van der Waals surface area contributed by atoms with Gasteiger partial charge < -0.3 is 32.4 Å². The van der Waals surface area contributed by atoms with Gasteiger partial charge >= 0.3 is 11.9 Å². The van der Waals surface area contributed by atoms with Gasteiger partial charge in [-0.05, 0) is 32.4 Å². The maximum Gasteiger partial charge on any atom is 0.341 e. The SMILES string of the molecule is CCOC(=O)C1=C(N)N=C(N)CC1.CCOC(=O)c1ccc(N)nc1N.